The number of hydrogen-bond donors (Lipinski definition) is 1. The number of hydrogen-bond acceptors (Lipinski definition) is 4. The van der Waals surface area contributed by atoms with E-state index in [1.807, 2.05) is 6.92 Å². The minimum absolute atomic E-state index is 0.183. The molecule has 0 atom stereocenters. The molecule has 108 valence electrons. The van der Waals surface area contributed by atoms with Gasteiger partial charge in [0.2, 0.25) is 10.0 Å². The van der Waals surface area contributed by atoms with Crippen LogP contribution in [0.25, 0.3) is 0 Å². The summed E-state index contributed by atoms with van der Waals surface area (Å²) in [7, 11) is -0.206. The van der Waals surface area contributed by atoms with Gasteiger partial charge in [-0.3, -0.25) is 0 Å². The number of likely N-dealkylation sites (N-methyl/N-ethyl adjacent to an activating group) is 2. The molecular weight excluding hydrogens is 332 g/mol. The Kier molecular flexibility index (Phi) is 6.25. The normalized spacial score (nSPS) is 11.8. The number of sulfonamides is 1. The molecule has 0 spiro atoms. The fraction of sp³-hybridized carbons (Fsp3) is 0.500. The second-order valence-corrected chi connectivity index (χ2v) is 6.88. The van der Waals surface area contributed by atoms with Crippen LogP contribution in [-0.4, -0.2) is 46.5 Å². The van der Waals surface area contributed by atoms with Crippen LogP contribution in [-0.2, 0) is 10.0 Å². The third-order valence-corrected chi connectivity index (χ3v) is 4.94. The summed E-state index contributed by atoms with van der Waals surface area (Å²) in [6, 6.07) is 4.99. The van der Waals surface area contributed by atoms with E-state index >= 15 is 0 Å². The molecule has 1 N–H and O–H groups in total. The Morgan fingerprint density at radius 3 is 2.68 bits per heavy atom. The van der Waals surface area contributed by atoms with Crippen LogP contribution in [0.2, 0.25) is 0 Å². The molecule has 0 heterocycles. The van der Waals surface area contributed by atoms with E-state index in [1.54, 1.807) is 32.3 Å². The molecule has 0 unspecified atom stereocenters. The quantitative estimate of drug-likeness (QED) is 0.812. The Bertz CT molecular complexity index is 520. The zero-order valence-corrected chi connectivity index (χ0v) is 13.7. The van der Waals surface area contributed by atoms with Gasteiger partial charge >= 0.3 is 0 Å². The fourth-order valence-electron chi connectivity index (χ4n) is 1.52. The minimum Gasteiger partial charge on any atom is -0.492 e. The van der Waals surface area contributed by atoms with Gasteiger partial charge in [0.05, 0.1) is 6.61 Å². The van der Waals surface area contributed by atoms with Crippen LogP contribution in [0.5, 0.6) is 5.75 Å². The predicted octanol–water partition coefficient (Wildman–Crippen LogP) is 1.69. The summed E-state index contributed by atoms with van der Waals surface area (Å²) < 4.78 is 32.4. The van der Waals surface area contributed by atoms with Crippen molar-refractivity contribution in [1.29, 1.82) is 0 Å². The van der Waals surface area contributed by atoms with E-state index in [2.05, 4.69) is 21.2 Å². The van der Waals surface area contributed by atoms with E-state index in [0.717, 1.165) is 0 Å². The van der Waals surface area contributed by atoms with Crippen molar-refractivity contribution in [3.8, 4) is 5.75 Å². The number of nitrogens with one attached hydrogen (secondary N) is 1. The largest absolute Gasteiger partial charge is 0.492 e. The maximum Gasteiger partial charge on any atom is 0.246 e. The highest BCUT2D eigenvalue weighted by atomic mass is 79.9. The van der Waals surface area contributed by atoms with Crippen LogP contribution in [0, 0.1) is 0 Å². The number of benzene rings is 1. The number of ether oxygens (including phenoxy) is 1. The highest BCUT2D eigenvalue weighted by molar-refractivity contribution is 9.10. The molecule has 0 fully saturated rings. The van der Waals surface area contributed by atoms with Gasteiger partial charge in [-0.15, -0.1) is 0 Å². The summed E-state index contributed by atoms with van der Waals surface area (Å²) in [4.78, 5) is 0.183. The lowest BCUT2D eigenvalue weighted by atomic mass is 10.3. The van der Waals surface area contributed by atoms with Gasteiger partial charge in [-0.05, 0) is 32.2 Å². The molecule has 1 rings (SSSR count). The molecule has 0 amide bonds. The average Bonchev–Trinajstić information content (AvgIpc) is 2.38. The van der Waals surface area contributed by atoms with Gasteiger partial charge < -0.3 is 10.1 Å². The summed E-state index contributed by atoms with van der Waals surface area (Å²) in [5.74, 6) is 0.377. The molecule has 1 aromatic rings. The Balaban J connectivity index is 3.15. The summed E-state index contributed by atoms with van der Waals surface area (Å²) in [6.07, 6.45) is 0. The van der Waals surface area contributed by atoms with Gasteiger partial charge in [-0.25, -0.2) is 8.42 Å². The van der Waals surface area contributed by atoms with E-state index in [0.29, 0.717) is 29.9 Å². The van der Waals surface area contributed by atoms with Crippen molar-refractivity contribution in [2.24, 2.45) is 0 Å². The molecule has 0 aliphatic rings. The maximum absolute atomic E-state index is 12.5. The summed E-state index contributed by atoms with van der Waals surface area (Å²) in [5.41, 5.74) is 0. The standard InChI is InChI=1S/C12H19BrN2O3S/c1-4-18-11-6-5-10(13)9-12(11)19(16,17)15(3)8-7-14-2/h5-6,9,14H,4,7-8H2,1-3H3. The molecule has 0 aromatic heterocycles. The van der Waals surface area contributed by atoms with Crippen LogP contribution in [0.4, 0.5) is 0 Å². The smallest absolute Gasteiger partial charge is 0.246 e. The number of nitrogens with zero attached hydrogens (tertiary/aromatic N) is 1. The van der Waals surface area contributed by atoms with E-state index in [-0.39, 0.29) is 4.90 Å². The van der Waals surface area contributed by atoms with Crippen molar-refractivity contribution < 1.29 is 13.2 Å². The third-order valence-electron chi connectivity index (χ3n) is 2.57. The monoisotopic (exact) mass is 350 g/mol. The predicted molar refractivity (Wildman–Crippen MR) is 79.1 cm³/mol. The first-order valence-corrected chi connectivity index (χ1v) is 8.20. The van der Waals surface area contributed by atoms with Crippen LogP contribution in [0.3, 0.4) is 0 Å². The first-order chi connectivity index (χ1) is 8.93. The highest BCUT2D eigenvalue weighted by Gasteiger charge is 2.24. The lowest BCUT2D eigenvalue weighted by Gasteiger charge is -2.19. The lowest BCUT2D eigenvalue weighted by molar-refractivity contribution is 0.329. The Morgan fingerprint density at radius 1 is 1.42 bits per heavy atom. The summed E-state index contributed by atoms with van der Waals surface area (Å²) in [6.45, 7) is 3.23. The van der Waals surface area contributed by atoms with Crippen LogP contribution >= 0.6 is 15.9 Å². The summed E-state index contributed by atoms with van der Waals surface area (Å²) >= 11 is 3.29. The Morgan fingerprint density at radius 2 is 2.11 bits per heavy atom. The van der Waals surface area contributed by atoms with Gasteiger partial charge in [-0.1, -0.05) is 15.9 Å². The molecule has 0 aliphatic carbocycles. The van der Waals surface area contributed by atoms with E-state index in [9.17, 15) is 8.42 Å². The number of halogens is 1. The third kappa shape index (κ3) is 4.17. The number of rotatable bonds is 7. The van der Waals surface area contributed by atoms with E-state index in [1.165, 1.54) is 4.31 Å². The van der Waals surface area contributed by atoms with Crippen LogP contribution < -0.4 is 10.1 Å². The van der Waals surface area contributed by atoms with Crippen molar-refractivity contribution in [1.82, 2.24) is 9.62 Å². The molecule has 1 aromatic carbocycles. The van der Waals surface area contributed by atoms with Gasteiger partial charge in [0.15, 0.2) is 0 Å². The highest BCUT2D eigenvalue weighted by Crippen LogP contribution is 2.29. The lowest BCUT2D eigenvalue weighted by Crippen LogP contribution is -2.33. The fourth-order valence-corrected chi connectivity index (χ4v) is 3.35. The van der Waals surface area contributed by atoms with Crippen molar-refractivity contribution in [2.45, 2.75) is 11.8 Å². The molecule has 0 saturated carbocycles. The zero-order valence-electron chi connectivity index (χ0n) is 11.3. The SMILES string of the molecule is CCOc1ccc(Br)cc1S(=O)(=O)N(C)CCNC. The minimum atomic E-state index is -3.55. The molecule has 5 nitrogen and oxygen atoms in total. The maximum atomic E-state index is 12.5. The van der Waals surface area contributed by atoms with Gasteiger partial charge in [0.25, 0.3) is 0 Å². The molecule has 19 heavy (non-hydrogen) atoms. The zero-order chi connectivity index (χ0) is 14.5. The Labute approximate surface area is 123 Å². The second-order valence-electron chi connectivity index (χ2n) is 3.95. The molecule has 0 bridgehead atoms. The van der Waals surface area contributed by atoms with Crippen LogP contribution in [0.15, 0.2) is 27.6 Å². The molecule has 0 aliphatic heterocycles. The molecule has 7 heteroatoms. The van der Waals surface area contributed by atoms with Gasteiger partial charge in [0.1, 0.15) is 10.6 Å². The first kappa shape index (κ1) is 16.4. The van der Waals surface area contributed by atoms with Crippen molar-refractivity contribution in [3.63, 3.8) is 0 Å². The second kappa shape index (κ2) is 7.23. The Hall–Kier alpha value is -0.630. The molecule has 0 saturated heterocycles. The first-order valence-electron chi connectivity index (χ1n) is 5.96. The van der Waals surface area contributed by atoms with Crippen LogP contribution in [0.1, 0.15) is 6.92 Å². The summed E-state index contributed by atoms with van der Waals surface area (Å²) in [5, 5.41) is 2.93. The van der Waals surface area contributed by atoms with E-state index in [4.69, 9.17) is 4.74 Å². The van der Waals surface area contributed by atoms with Crippen molar-refractivity contribution in [3.05, 3.63) is 22.7 Å². The van der Waals surface area contributed by atoms with Crippen molar-refractivity contribution in [2.75, 3.05) is 33.8 Å². The van der Waals surface area contributed by atoms with Crippen molar-refractivity contribution >= 4 is 26.0 Å². The molecular formula is C12H19BrN2O3S. The average molecular weight is 351 g/mol. The topological polar surface area (TPSA) is 58.6 Å². The molecule has 0 radical (unpaired) electrons. The van der Waals surface area contributed by atoms with E-state index < -0.39 is 10.0 Å². The van der Waals surface area contributed by atoms with Gasteiger partial charge in [0, 0.05) is 24.6 Å². The van der Waals surface area contributed by atoms with Gasteiger partial charge in [-0.2, -0.15) is 4.31 Å².